The number of carbonyl (C=O) groups excluding carboxylic acids is 1. The first kappa shape index (κ1) is 21.4. The Morgan fingerprint density at radius 2 is 1.81 bits per heavy atom. The lowest BCUT2D eigenvalue weighted by molar-refractivity contribution is 0.0998. The molecule has 8 nitrogen and oxygen atoms in total. The van der Waals surface area contributed by atoms with Gasteiger partial charge in [0.1, 0.15) is 0 Å². The number of amides is 1. The number of hydrogen-bond acceptors (Lipinski definition) is 4. The Bertz CT molecular complexity index is 893. The summed E-state index contributed by atoms with van der Waals surface area (Å²) in [5, 5.41) is 1.22. The summed E-state index contributed by atoms with van der Waals surface area (Å²) < 4.78 is 31.6. The van der Waals surface area contributed by atoms with Crippen molar-refractivity contribution in [1.82, 2.24) is 9.88 Å². The van der Waals surface area contributed by atoms with Crippen LogP contribution < -0.4 is 5.73 Å². The van der Waals surface area contributed by atoms with Crippen molar-refractivity contribution in [3.05, 3.63) is 35.0 Å². The fourth-order valence-corrected chi connectivity index (χ4v) is 3.85. The molecule has 1 aliphatic carbocycles. The maximum Gasteiger partial charge on any atom is 0.394 e. The number of benzene rings is 1. The van der Waals surface area contributed by atoms with Gasteiger partial charge in [-0.05, 0) is 62.0 Å². The van der Waals surface area contributed by atoms with Crippen LogP contribution in [0.1, 0.15) is 48.2 Å². The number of hydrogen-bond donors (Lipinski definition) is 4. The molecule has 1 amide bonds. The van der Waals surface area contributed by atoms with Gasteiger partial charge in [-0.2, -0.15) is 8.42 Å². The van der Waals surface area contributed by atoms with Crippen molar-refractivity contribution in [3.63, 3.8) is 0 Å². The monoisotopic (exact) mass is 397 g/mol. The summed E-state index contributed by atoms with van der Waals surface area (Å²) in [6.45, 7) is 6.67. The van der Waals surface area contributed by atoms with E-state index in [1.54, 1.807) is 0 Å². The summed E-state index contributed by atoms with van der Waals surface area (Å²) in [4.78, 5) is 17.7. The van der Waals surface area contributed by atoms with Gasteiger partial charge in [-0.1, -0.05) is 13.8 Å². The van der Waals surface area contributed by atoms with E-state index in [0.29, 0.717) is 11.6 Å². The van der Waals surface area contributed by atoms with Gasteiger partial charge in [0.05, 0.1) is 0 Å². The van der Waals surface area contributed by atoms with E-state index in [9.17, 15) is 4.79 Å². The molecule has 0 bridgehead atoms. The predicted molar refractivity (Wildman–Crippen MR) is 104 cm³/mol. The molecule has 150 valence electrons. The number of primary amides is 1. The molecule has 1 aliphatic rings. The molecule has 0 spiro atoms. The summed E-state index contributed by atoms with van der Waals surface area (Å²) in [6.07, 6.45) is 6.38. The molecule has 1 atom stereocenters. The van der Waals surface area contributed by atoms with Crippen LogP contribution >= 0.6 is 0 Å². The van der Waals surface area contributed by atoms with E-state index in [1.807, 2.05) is 12.1 Å². The number of nitrogens with one attached hydrogen (secondary N) is 1. The first-order valence-corrected chi connectivity index (χ1v) is 10.4. The Balaban J connectivity index is 0.000000465. The minimum Gasteiger partial charge on any atom is -0.366 e. The predicted octanol–water partition coefficient (Wildman–Crippen LogP) is 2.20. The number of aromatic amines is 1. The van der Waals surface area contributed by atoms with Crippen molar-refractivity contribution >= 4 is 27.2 Å². The minimum atomic E-state index is -4.67. The van der Waals surface area contributed by atoms with Gasteiger partial charge < -0.3 is 10.7 Å². The van der Waals surface area contributed by atoms with Crippen LogP contribution in [0.25, 0.3) is 10.9 Å². The number of nitrogens with zero attached hydrogens (tertiary/aromatic N) is 1. The standard InChI is InChI=1S/C18H25N3O.H2O4S/c1-3-7-21(8-4-2)13-9-12-11-20-16-6-5-14(18(19)22)15(10-13)17(12)16;1-5(2,3)4/h5-6,11,13,20H,3-4,7-10H2,1-2H3,(H2,19,22);(H2,1,2,3,4). The lowest BCUT2D eigenvalue weighted by Crippen LogP contribution is -2.41. The van der Waals surface area contributed by atoms with E-state index in [4.69, 9.17) is 23.3 Å². The van der Waals surface area contributed by atoms with Gasteiger partial charge in [0, 0.05) is 28.7 Å². The number of nitrogens with two attached hydrogens (primary N) is 1. The van der Waals surface area contributed by atoms with Crippen molar-refractivity contribution in [2.75, 3.05) is 13.1 Å². The number of aromatic nitrogens is 1. The SMILES string of the molecule is CCCN(CCC)C1Cc2c[nH]c3ccc(C(N)=O)c(c23)C1.O=S(=O)(O)O. The van der Waals surface area contributed by atoms with Crippen molar-refractivity contribution in [3.8, 4) is 0 Å². The van der Waals surface area contributed by atoms with Gasteiger partial charge in [-0.3, -0.25) is 18.8 Å². The molecule has 27 heavy (non-hydrogen) atoms. The maximum atomic E-state index is 11.8. The second-order valence-corrected chi connectivity index (χ2v) is 7.63. The second-order valence-electron chi connectivity index (χ2n) is 6.74. The summed E-state index contributed by atoms with van der Waals surface area (Å²) in [5.74, 6) is -0.317. The first-order chi connectivity index (χ1) is 12.7. The molecule has 0 fully saturated rings. The molecule has 5 N–H and O–H groups in total. The molecular formula is C18H27N3O5S. The Kier molecular flexibility index (Phi) is 6.99. The van der Waals surface area contributed by atoms with Crippen molar-refractivity contribution < 1.29 is 22.3 Å². The Hall–Kier alpha value is -1.94. The molecular weight excluding hydrogens is 370 g/mol. The van der Waals surface area contributed by atoms with Gasteiger partial charge in [-0.15, -0.1) is 0 Å². The summed E-state index contributed by atoms with van der Waals surface area (Å²) in [7, 11) is -4.67. The third-order valence-corrected chi connectivity index (χ3v) is 4.73. The van der Waals surface area contributed by atoms with Crippen LogP contribution in [-0.4, -0.2) is 52.4 Å². The smallest absolute Gasteiger partial charge is 0.366 e. The summed E-state index contributed by atoms with van der Waals surface area (Å²) in [6, 6.07) is 4.30. The lowest BCUT2D eigenvalue weighted by atomic mass is 9.85. The van der Waals surface area contributed by atoms with E-state index in [0.717, 1.165) is 49.9 Å². The zero-order valence-corrected chi connectivity index (χ0v) is 16.4. The topological polar surface area (TPSA) is 137 Å². The van der Waals surface area contributed by atoms with Crippen LogP contribution in [0.15, 0.2) is 18.3 Å². The molecule has 0 aliphatic heterocycles. The highest BCUT2D eigenvalue weighted by atomic mass is 32.3. The van der Waals surface area contributed by atoms with E-state index in [2.05, 4.69) is 29.9 Å². The van der Waals surface area contributed by atoms with E-state index < -0.39 is 10.4 Å². The molecule has 3 rings (SSSR count). The average Bonchev–Trinajstić information content (AvgIpc) is 2.97. The first-order valence-electron chi connectivity index (χ1n) is 9.01. The molecule has 1 heterocycles. The van der Waals surface area contributed by atoms with Gasteiger partial charge in [0.2, 0.25) is 5.91 Å². The van der Waals surface area contributed by atoms with Gasteiger partial charge in [0.25, 0.3) is 0 Å². The largest absolute Gasteiger partial charge is 0.394 e. The Labute approximate surface area is 159 Å². The second kappa shape index (κ2) is 8.83. The summed E-state index contributed by atoms with van der Waals surface area (Å²) >= 11 is 0. The van der Waals surface area contributed by atoms with Crippen molar-refractivity contribution in [1.29, 1.82) is 0 Å². The normalized spacial score (nSPS) is 16.3. The van der Waals surface area contributed by atoms with Crippen LogP contribution in [-0.2, 0) is 23.2 Å². The maximum absolute atomic E-state index is 11.8. The van der Waals surface area contributed by atoms with Crippen LogP contribution in [0.5, 0.6) is 0 Å². The zero-order valence-electron chi connectivity index (χ0n) is 15.6. The number of carbonyl (C=O) groups is 1. The molecule has 0 saturated carbocycles. The van der Waals surface area contributed by atoms with E-state index in [-0.39, 0.29) is 5.91 Å². The average molecular weight is 397 g/mol. The van der Waals surface area contributed by atoms with Crippen molar-refractivity contribution in [2.45, 2.75) is 45.6 Å². The lowest BCUT2D eigenvalue weighted by Gasteiger charge is -2.34. The minimum absolute atomic E-state index is 0.317. The van der Waals surface area contributed by atoms with E-state index in [1.165, 1.54) is 10.9 Å². The fourth-order valence-electron chi connectivity index (χ4n) is 3.85. The third-order valence-electron chi connectivity index (χ3n) is 4.73. The highest BCUT2D eigenvalue weighted by molar-refractivity contribution is 7.79. The fraction of sp³-hybridized carbons (Fsp3) is 0.500. The number of rotatable bonds is 6. The van der Waals surface area contributed by atoms with Crippen LogP contribution in [0.3, 0.4) is 0 Å². The molecule has 1 aromatic heterocycles. The van der Waals surface area contributed by atoms with E-state index >= 15 is 0 Å². The zero-order chi connectivity index (χ0) is 20.2. The van der Waals surface area contributed by atoms with Crippen LogP contribution in [0.4, 0.5) is 0 Å². The molecule has 2 aromatic rings. The third kappa shape index (κ3) is 5.52. The molecule has 9 heteroatoms. The molecule has 0 saturated heterocycles. The quantitative estimate of drug-likeness (QED) is 0.552. The molecule has 0 radical (unpaired) electrons. The molecule has 1 unspecified atom stereocenters. The van der Waals surface area contributed by atoms with Gasteiger partial charge >= 0.3 is 10.4 Å². The number of H-pyrrole nitrogens is 1. The van der Waals surface area contributed by atoms with Gasteiger partial charge in [-0.25, -0.2) is 0 Å². The highest BCUT2D eigenvalue weighted by Crippen LogP contribution is 2.33. The van der Waals surface area contributed by atoms with Gasteiger partial charge in [0.15, 0.2) is 0 Å². The Morgan fingerprint density at radius 3 is 2.33 bits per heavy atom. The van der Waals surface area contributed by atoms with Crippen LogP contribution in [0.2, 0.25) is 0 Å². The van der Waals surface area contributed by atoms with Crippen LogP contribution in [0, 0.1) is 0 Å². The summed E-state index contributed by atoms with van der Waals surface area (Å²) in [5.41, 5.74) is 9.86. The highest BCUT2D eigenvalue weighted by Gasteiger charge is 2.28. The molecule has 1 aromatic carbocycles. The van der Waals surface area contributed by atoms with Crippen molar-refractivity contribution in [2.24, 2.45) is 5.73 Å². The Morgan fingerprint density at radius 1 is 1.22 bits per heavy atom.